The van der Waals surface area contributed by atoms with Gasteiger partial charge in [-0.15, -0.1) is 0 Å². The van der Waals surface area contributed by atoms with Gasteiger partial charge in [-0.05, 0) is 17.7 Å². The molecule has 2 aromatic rings. The van der Waals surface area contributed by atoms with Crippen molar-refractivity contribution < 1.29 is 18.7 Å². The molecule has 0 saturated heterocycles. The van der Waals surface area contributed by atoms with Crippen molar-refractivity contribution >= 4 is 11.7 Å². The van der Waals surface area contributed by atoms with E-state index < -0.39 is 11.8 Å². The van der Waals surface area contributed by atoms with Crippen molar-refractivity contribution in [2.45, 2.75) is 6.61 Å². The number of methoxy groups -OCH3 is 1. The first kappa shape index (κ1) is 14.8. The number of esters is 1. The Morgan fingerprint density at radius 1 is 1.14 bits per heavy atom. The molecule has 0 bridgehead atoms. The first-order chi connectivity index (χ1) is 10.2. The maximum Gasteiger partial charge on any atom is 0.325 e. The zero-order chi connectivity index (χ0) is 15.1. The van der Waals surface area contributed by atoms with Crippen molar-refractivity contribution in [1.29, 1.82) is 0 Å². The summed E-state index contributed by atoms with van der Waals surface area (Å²) < 4.78 is 24.0. The van der Waals surface area contributed by atoms with Gasteiger partial charge in [0.2, 0.25) is 0 Å². The minimum atomic E-state index is -0.482. The Balaban J connectivity index is 2.08. The van der Waals surface area contributed by atoms with Gasteiger partial charge in [-0.3, -0.25) is 4.79 Å². The largest absolute Gasteiger partial charge is 0.487 e. The molecule has 0 aliphatic carbocycles. The molecule has 0 aromatic heterocycles. The molecule has 2 rings (SSSR count). The standard InChI is InChI=1S/C16H16FNO3/c1-20-15(19)10-18-16-13(17)8-5-9-14(16)21-11-12-6-3-2-4-7-12/h2-9,18H,10-11H2,1H3. The molecule has 110 valence electrons. The number of carbonyl (C=O) groups excluding carboxylic acids is 1. The maximum atomic E-state index is 13.8. The number of halogens is 1. The molecule has 0 aliphatic rings. The smallest absolute Gasteiger partial charge is 0.325 e. The van der Waals surface area contributed by atoms with Crippen LogP contribution in [0.3, 0.4) is 0 Å². The van der Waals surface area contributed by atoms with E-state index in [-0.39, 0.29) is 12.2 Å². The molecule has 0 unspecified atom stereocenters. The van der Waals surface area contributed by atoms with E-state index in [4.69, 9.17) is 4.74 Å². The predicted octanol–water partition coefficient (Wildman–Crippen LogP) is 2.99. The van der Waals surface area contributed by atoms with Crippen LogP contribution in [0.2, 0.25) is 0 Å². The number of rotatable bonds is 6. The molecule has 4 nitrogen and oxygen atoms in total. The Labute approximate surface area is 122 Å². The van der Waals surface area contributed by atoms with Crippen LogP contribution in [0.25, 0.3) is 0 Å². The Bertz CT molecular complexity index is 602. The number of hydrogen-bond acceptors (Lipinski definition) is 4. The molecule has 0 amide bonds. The van der Waals surface area contributed by atoms with E-state index in [1.165, 1.54) is 13.2 Å². The summed E-state index contributed by atoms with van der Waals surface area (Å²) in [6.07, 6.45) is 0. The van der Waals surface area contributed by atoms with Crippen LogP contribution in [0.4, 0.5) is 10.1 Å². The molecule has 0 aliphatic heterocycles. The first-order valence-corrected chi connectivity index (χ1v) is 6.46. The van der Waals surface area contributed by atoms with E-state index in [0.29, 0.717) is 12.4 Å². The van der Waals surface area contributed by atoms with Crippen LogP contribution >= 0.6 is 0 Å². The molecule has 21 heavy (non-hydrogen) atoms. The number of hydrogen-bond donors (Lipinski definition) is 1. The lowest BCUT2D eigenvalue weighted by Crippen LogP contribution is -2.16. The van der Waals surface area contributed by atoms with Crippen molar-refractivity contribution in [3.63, 3.8) is 0 Å². The van der Waals surface area contributed by atoms with Crippen LogP contribution in [0, 0.1) is 5.82 Å². The second-order valence-electron chi connectivity index (χ2n) is 4.32. The minimum absolute atomic E-state index is 0.126. The first-order valence-electron chi connectivity index (χ1n) is 6.46. The quantitative estimate of drug-likeness (QED) is 0.831. The second kappa shape index (κ2) is 7.28. The highest BCUT2D eigenvalue weighted by Gasteiger charge is 2.11. The molecule has 0 heterocycles. The summed E-state index contributed by atoms with van der Waals surface area (Å²) in [7, 11) is 1.28. The summed E-state index contributed by atoms with van der Waals surface area (Å²) in [6.45, 7) is 0.191. The van der Waals surface area contributed by atoms with Crippen LogP contribution in [0.1, 0.15) is 5.56 Å². The summed E-state index contributed by atoms with van der Waals surface area (Å²) in [6, 6.07) is 14.1. The zero-order valence-electron chi connectivity index (χ0n) is 11.6. The van der Waals surface area contributed by atoms with Crippen LogP contribution in [0.15, 0.2) is 48.5 Å². The molecule has 0 atom stereocenters. The number of anilines is 1. The number of nitrogens with one attached hydrogen (secondary N) is 1. The second-order valence-corrected chi connectivity index (χ2v) is 4.32. The van der Waals surface area contributed by atoms with Crippen LogP contribution in [-0.2, 0) is 16.1 Å². The fraction of sp³-hybridized carbons (Fsp3) is 0.188. The van der Waals surface area contributed by atoms with Gasteiger partial charge >= 0.3 is 5.97 Å². The Morgan fingerprint density at radius 3 is 2.62 bits per heavy atom. The van der Waals surface area contributed by atoms with E-state index in [9.17, 15) is 9.18 Å². The van der Waals surface area contributed by atoms with Gasteiger partial charge in [0.25, 0.3) is 0 Å². The highest BCUT2D eigenvalue weighted by molar-refractivity contribution is 5.75. The third kappa shape index (κ3) is 4.21. The van der Waals surface area contributed by atoms with Gasteiger partial charge in [-0.2, -0.15) is 0 Å². The summed E-state index contributed by atoms with van der Waals surface area (Å²) in [5.74, 6) is -0.612. The van der Waals surface area contributed by atoms with Crippen molar-refractivity contribution in [2.24, 2.45) is 0 Å². The highest BCUT2D eigenvalue weighted by Crippen LogP contribution is 2.28. The monoisotopic (exact) mass is 289 g/mol. The predicted molar refractivity (Wildman–Crippen MR) is 77.7 cm³/mol. The fourth-order valence-corrected chi connectivity index (χ4v) is 1.76. The van der Waals surface area contributed by atoms with Crippen LogP contribution in [-0.4, -0.2) is 19.6 Å². The molecular weight excluding hydrogens is 273 g/mol. The molecule has 2 aromatic carbocycles. The van der Waals surface area contributed by atoms with Gasteiger partial charge in [-0.25, -0.2) is 4.39 Å². The van der Waals surface area contributed by atoms with Gasteiger partial charge in [0.15, 0.2) is 0 Å². The lowest BCUT2D eigenvalue weighted by Gasteiger charge is -2.13. The molecule has 5 heteroatoms. The third-order valence-electron chi connectivity index (χ3n) is 2.85. The fourth-order valence-electron chi connectivity index (χ4n) is 1.76. The summed E-state index contributed by atoms with van der Waals surface area (Å²) >= 11 is 0. The molecule has 1 N–H and O–H groups in total. The third-order valence-corrected chi connectivity index (χ3v) is 2.85. The number of ether oxygens (including phenoxy) is 2. The topological polar surface area (TPSA) is 47.6 Å². The van der Waals surface area contributed by atoms with E-state index in [0.717, 1.165) is 5.56 Å². The van der Waals surface area contributed by atoms with Crippen molar-refractivity contribution in [2.75, 3.05) is 19.0 Å². The van der Waals surface area contributed by atoms with Gasteiger partial charge in [-0.1, -0.05) is 36.4 Å². The lowest BCUT2D eigenvalue weighted by molar-refractivity contribution is -0.138. The van der Waals surface area contributed by atoms with Crippen LogP contribution < -0.4 is 10.1 Å². The summed E-state index contributed by atoms with van der Waals surface area (Å²) in [5.41, 5.74) is 1.12. The maximum absolute atomic E-state index is 13.8. The van der Waals surface area contributed by atoms with E-state index in [1.807, 2.05) is 30.3 Å². The normalized spacial score (nSPS) is 10.0. The Morgan fingerprint density at radius 2 is 1.90 bits per heavy atom. The van der Waals surface area contributed by atoms with E-state index in [2.05, 4.69) is 10.1 Å². The van der Waals surface area contributed by atoms with Gasteiger partial charge in [0.1, 0.15) is 30.4 Å². The van der Waals surface area contributed by atoms with Crippen molar-refractivity contribution in [1.82, 2.24) is 0 Å². The van der Waals surface area contributed by atoms with Gasteiger partial charge in [0.05, 0.1) is 7.11 Å². The van der Waals surface area contributed by atoms with Gasteiger partial charge < -0.3 is 14.8 Å². The van der Waals surface area contributed by atoms with Crippen molar-refractivity contribution in [3.05, 3.63) is 59.9 Å². The molecule has 0 fully saturated rings. The minimum Gasteiger partial charge on any atom is -0.487 e. The molecule has 0 radical (unpaired) electrons. The number of carbonyl (C=O) groups is 1. The summed E-state index contributed by atoms with van der Waals surface area (Å²) in [4.78, 5) is 11.1. The summed E-state index contributed by atoms with van der Waals surface area (Å²) in [5, 5.41) is 2.69. The van der Waals surface area contributed by atoms with Crippen LogP contribution in [0.5, 0.6) is 5.75 Å². The van der Waals surface area contributed by atoms with E-state index in [1.54, 1.807) is 12.1 Å². The average Bonchev–Trinajstić information content (AvgIpc) is 2.52. The molecule has 0 spiro atoms. The van der Waals surface area contributed by atoms with Gasteiger partial charge in [0, 0.05) is 0 Å². The number of benzene rings is 2. The molecule has 0 saturated carbocycles. The van der Waals surface area contributed by atoms with E-state index >= 15 is 0 Å². The van der Waals surface area contributed by atoms with Crippen molar-refractivity contribution in [3.8, 4) is 5.75 Å². The average molecular weight is 289 g/mol. The molecular formula is C16H16FNO3. The number of para-hydroxylation sites is 1. The zero-order valence-corrected chi connectivity index (χ0v) is 11.6. The highest BCUT2D eigenvalue weighted by atomic mass is 19.1. The Kier molecular flexibility index (Phi) is 5.15. The SMILES string of the molecule is COC(=O)CNc1c(F)cccc1OCc1ccccc1. The lowest BCUT2D eigenvalue weighted by atomic mass is 10.2. The Hall–Kier alpha value is -2.56.